The van der Waals surface area contributed by atoms with E-state index in [4.69, 9.17) is 0 Å². The van der Waals surface area contributed by atoms with E-state index in [1.165, 1.54) is 18.4 Å². The molecule has 0 aliphatic rings. The molecule has 76 valence electrons. The van der Waals surface area contributed by atoms with Crippen LogP contribution in [0.25, 0.3) is 0 Å². The number of hydrogen-bond acceptors (Lipinski definition) is 0. The third-order valence-corrected chi connectivity index (χ3v) is 1.55. The van der Waals surface area contributed by atoms with Gasteiger partial charge in [0.15, 0.2) is 0 Å². The lowest BCUT2D eigenvalue weighted by Gasteiger charge is -1.94. The fraction of sp³-hybridized carbons (Fsp3) is 0.538. The Morgan fingerprint density at radius 2 is 1.85 bits per heavy atom. The summed E-state index contributed by atoms with van der Waals surface area (Å²) in [4.78, 5) is 0. The van der Waals surface area contributed by atoms with Crippen LogP contribution in [0.1, 0.15) is 47.0 Å². The van der Waals surface area contributed by atoms with E-state index in [0.717, 1.165) is 6.42 Å². The second-order valence-electron chi connectivity index (χ2n) is 2.52. The molecule has 0 spiro atoms. The highest BCUT2D eigenvalue weighted by molar-refractivity contribution is 5.20. The van der Waals surface area contributed by atoms with Crippen molar-refractivity contribution in [2.24, 2.45) is 0 Å². The average Bonchev–Trinajstić information content (AvgIpc) is 2.21. The van der Waals surface area contributed by atoms with Gasteiger partial charge in [0.2, 0.25) is 0 Å². The smallest absolute Gasteiger partial charge is 0.0311 e. The van der Waals surface area contributed by atoms with Gasteiger partial charge in [0.05, 0.1) is 0 Å². The predicted octanol–water partition coefficient (Wildman–Crippen LogP) is 4.89. The molecule has 0 nitrogen and oxygen atoms in total. The minimum atomic E-state index is 1.12. The zero-order chi connectivity index (χ0) is 10.5. The molecule has 0 amide bonds. The average molecular weight is 180 g/mol. The summed E-state index contributed by atoms with van der Waals surface area (Å²) in [6.07, 6.45) is 11.8. The summed E-state index contributed by atoms with van der Waals surface area (Å²) in [5.74, 6) is 0. The standard InChI is InChI=1S/C11H18.C2H6/c1-4-7-9-11(6-3)10-8-5-2;1-2/h4,7,9-10H,1,5-6,8H2,2-3H3;1-2H3/b9-7-,11-10-;. The van der Waals surface area contributed by atoms with Gasteiger partial charge >= 0.3 is 0 Å². The molecule has 0 unspecified atom stereocenters. The Balaban J connectivity index is 0. The van der Waals surface area contributed by atoms with Crippen LogP contribution in [-0.4, -0.2) is 0 Å². The fourth-order valence-electron chi connectivity index (χ4n) is 0.852. The van der Waals surface area contributed by atoms with Crippen molar-refractivity contribution in [1.29, 1.82) is 0 Å². The second-order valence-corrected chi connectivity index (χ2v) is 2.52. The molecule has 0 heterocycles. The quantitative estimate of drug-likeness (QED) is 0.528. The zero-order valence-electron chi connectivity index (χ0n) is 9.64. The number of rotatable bonds is 5. The topological polar surface area (TPSA) is 0 Å². The third kappa shape index (κ3) is 11.2. The highest BCUT2D eigenvalue weighted by Gasteiger charge is 1.84. The summed E-state index contributed by atoms with van der Waals surface area (Å²) >= 11 is 0. The van der Waals surface area contributed by atoms with Gasteiger partial charge in [0, 0.05) is 0 Å². The maximum absolute atomic E-state index is 3.63. The van der Waals surface area contributed by atoms with Crippen LogP contribution in [0, 0.1) is 0 Å². The number of hydrogen-bond donors (Lipinski definition) is 0. The van der Waals surface area contributed by atoms with Crippen molar-refractivity contribution < 1.29 is 0 Å². The molecule has 0 radical (unpaired) electrons. The predicted molar refractivity (Wildman–Crippen MR) is 64.0 cm³/mol. The summed E-state index contributed by atoms with van der Waals surface area (Å²) in [6.45, 7) is 12.0. The van der Waals surface area contributed by atoms with Gasteiger partial charge in [-0.2, -0.15) is 0 Å². The van der Waals surface area contributed by atoms with E-state index < -0.39 is 0 Å². The first-order chi connectivity index (χ1) is 6.35. The molecular weight excluding hydrogens is 156 g/mol. The SMILES string of the molecule is C=C/C=C\C(=C/CCC)CC.CC. The van der Waals surface area contributed by atoms with Gasteiger partial charge in [-0.3, -0.25) is 0 Å². The molecule has 0 heteroatoms. The van der Waals surface area contributed by atoms with Crippen molar-refractivity contribution in [3.63, 3.8) is 0 Å². The summed E-state index contributed by atoms with van der Waals surface area (Å²) in [6, 6.07) is 0. The van der Waals surface area contributed by atoms with Crippen molar-refractivity contribution in [3.05, 3.63) is 36.5 Å². The van der Waals surface area contributed by atoms with E-state index >= 15 is 0 Å². The Hall–Kier alpha value is -0.780. The van der Waals surface area contributed by atoms with Crippen LogP contribution in [0.15, 0.2) is 36.5 Å². The first-order valence-electron chi connectivity index (χ1n) is 5.33. The van der Waals surface area contributed by atoms with Crippen LogP contribution < -0.4 is 0 Å². The maximum Gasteiger partial charge on any atom is -0.0311 e. The van der Waals surface area contributed by atoms with Crippen LogP contribution in [0.2, 0.25) is 0 Å². The molecule has 0 bridgehead atoms. The first kappa shape index (κ1) is 14.7. The molecule has 0 fully saturated rings. The molecule has 0 aromatic rings. The molecule has 13 heavy (non-hydrogen) atoms. The summed E-state index contributed by atoms with van der Waals surface area (Å²) in [7, 11) is 0. The largest absolute Gasteiger partial charge is 0.0991 e. The lowest BCUT2D eigenvalue weighted by atomic mass is 10.1. The monoisotopic (exact) mass is 180 g/mol. The minimum Gasteiger partial charge on any atom is -0.0991 e. The molecule has 0 N–H and O–H groups in total. The van der Waals surface area contributed by atoms with Gasteiger partial charge in [0.25, 0.3) is 0 Å². The van der Waals surface area contributed by atoms with Gasteiger partial charge < -0.3 is 0 Å². The second kappa shape index (κ2) is 13.8. The highest BCUT2D eigenvalue weighted by atomic mass is 13.9. The van der Waals surface area contributed by atoms with Gasteiger partial charge in [-0.05, 0) is 12.8 Å². The summed E-state index contributed by atoms with van der Waals surface area (Å²) in [5.41, 5.74) is 1.41. The van der Waals surface area contributed by atoms with E-state index in [1.807, 2.05) is 26.0 Å². The first-order valence-corrected chi connectivity index (χ1v) is 5.33. The van der Waals surface area contributed by atoms with Gasteiger partial charge in [-0.1, -0.05) is 70.6 Å². The Morgan fingerprint density at radius 3 is 2.23 bits per heavy atom. The van der Waals surface area contributed by atoms with Crippen molar-refractivity contribution in [1.82, 2.24) is 0 Å². The molecule has 0 saturated carbocycles. The van der Waals surface area contributed by atoms with Crippen LogP contribution in [-0.2, 0) is 0 Å². The van der Waals surface area contributed by atoms with Crippen LogP contribution in [0.4, 0.5) is 0 Å². The summed E-state index contributed by atoms with van der Waals surface area (Å²) in [5, 5.41) is 0. The van der Waals surface area contributed by atoms with Gasteiger partial charge in [-0.25, -0.2) is 0 Å². The maximum atomic E-state index is 3.63. The molecule has 0 saturated heterocycles. The van der Waals surface area contributed by atoms with Crippen molar-refractivity contribution >= 4 is 0 Å². The van der Waals surface area contributed by atoms with E-state index in [1.54, 1.807) is 0 Å². The molecule has 0 aliphatic carbocycles. The van der Waals surface area contributed by atoms with Crippen molar-refractivity contribution in [3.8, 4) is 0 Å². The van der Waals surface area contributed by atoms with Gasteiger partial charge in [-0.15, -0.1) is 0 Å². The lowest BCUT2D eigenvalue weighted by molar-refractivity contribution is 0.942. The molecular formula is C13H24. The Kier molecular flexibility index (Phi) is 15.6. The van der Waals surface area contributed by atoms with Crippen LogP contribution in [0.3, 0.4) is 0 Å². The third-order valence-electron chi connectivity index (χ3n) is 1.55. The normalized spacial score (nSPS) is 10.9. The lowest BCUT2D eigenvalue weighted by Crippen LogP contribution is -1.74. The van der Waals surface area contributed by atoms with E-state index in [-0.39, 0.29) is 0 Å². The Labute approximate surface area is 84.1 Å². The van der Waals surface area contributed by atoms with Crippen LogP contribution >= 0.6 is 0 Å². The molecule has 0 aliphatic heterocycles. The van der Waals surface area contributed by atoms with Gasteiger partial charge in [0.1, 0.15) is 0 Å². The minimum absolute atomic E-state index is 1.12. The van der Waals surface area contributed by atoms with Crippen molar-refractivity contribution in [2.45, 2.75) is 47.0 Å². The number of unbranched alkanes of at least 4 members (excludes halogenated alkanes) is 1. The number of allylic oxidation sites excluding steroid dienone is 5. The van der Waals surface area contributed by atoms with Crippen LogP contribution in [0.5, 0.6) is 0 Å². The molecule has 0 aromatic heterocycles. The Bertz CT molecular complexity index is 149. The molecule has 0 aromatic carbocycles. The molecule has 0 rings (SSSR count). The Morgan fingerprint density at radius 1 is 1.23 bits per heavy atom. The summed E-state index contributed by atoms with van der Waals surface area (Å²) < 4.78 is 0. The van der Waals surface area contributed by atoms with E-state index in [0.29, 0.717) is 0 Å². The van der Waals surface area contributed by atoms with E-state index in [9.17, 15) is 0 Å². The van der Waals surface area contributed by atoms with E-state index in [2.05, 4.69) is 32.6 Å². The van der Waals surface area contributed by atoms with Crippen molar-refractivity contribution in [2.75, 3.05) is 0 Å². The molecule has 0 atom stereocenters. The highest BCUT2D eigenvalue weighted by Crippen LogP contribution is 2.05. The fourth-order valence-corrected chi connectivity index (χ4v) is 0.852. The zero-order valence-corrected chi connectivity index (χ0v) is 9.64.